The van der Waals surface area contributed by atoms with Gasteiger partial charge in [0.25, 0.3) is 0 Å². The second kappa shape index (κ2) is 12.6. The van der Waals surface area contributed by atoms with Gasteiger partial charge >= 0.3 is 0 Å². The van der Waals surface area contributed by atoms with Crippen molar-refractivity contribution in [2.24, 2.45) is 9.98 Å². The molecule has 2 aliphatic heterocycles. The molecule has 0 saturated carbocycles. The molecule has 256 valence electrons. The zero-order valence-corrected chi connectivity index (χ0v) is 30.0. The molecule has 0 radical (unpaired) electrons. The number of nitrogens with one attached hydrogen (secondary N) is 1. The Balaban J connectivity index is 1.03. The Hall–Kier alpha value is -6.43. The van der Waals surface area contributed by atoms with E-state index in [4.69, 9.17) is 14.4 Å². The smallest absolute Gasteiger partial charge is 0.170 e. The van der Waals surface area contributed by atoms with Crippen molar-refractivity contribution >= 4 is 51.4 Å². The first kappa shape index (κ1) is 31.1. The van der Waals surface area contributed by atoms with E-state index < -0.39 is 6.17 Å². The summed E-state index contributed by atoms with van der Waals surface area (Å²) in [5, 5.41) is 6.08. The molecule has 0 fully saturated rings. The van der Waals surface area contributed by atoms with E-state index >= 15 is 0 Å². The van der Waals surface area contributed by atoms with E-state index in [0.29, 0.717) is 11.2 Å². The maximum absolute atomic E-state index is 6.53. The topological polar surface area (TPSA) is 49.9 Å². The number of benzene rings is 7. The van der Waals surface area contributed by atoms with Gasteiger partial charge in [0.1, 0.15) is 22.8 Å². The first-order valence-corrected chi connectivity index (χ1v) is 19.3. The molecule has 3 aliphatic rings. The van der Waals surface area contributed by atoms with Gasteiger partial charge in [0.2, 0.25) is 0 Å². The number of thioether (sulfide) groups is 1. The van der Waals surface area contributed by atoms with Crippen LogP contribution in [0.2, 0.25) is 0 Å². The van der Waals surface area contributed by atoms with Gasteiger partial charge in [0, 0.05) is 43.5 Å². The van der Waals surface area contributed by atoms with Crippen LogP contribution in [0.25, 0.3) is 50.3 Å². The average Bonchev–Trinajstić information content (AvgIpc) is 3.83. The first-order chi connectivity index (χ1) is 26.7. The summed E-state index contributed by atoms with van der Waals surface area (Å²) >= 11 is 1.99. The molecule has 4 nitrogen and oxygen atoms in total. The Morgan fingerprint density at radius 1 is 0.519 bits per heavy atom. The van der Waals surface area contributed by atoms with Crippen LogP contribution in [0.3, 0.4) is 0 Å². The number of fused-ring (bicyclic) bond motifs is 8. The molecular weight excluding hydrogens is 679 g/mol. The van der Waals surface area contributed by atoms with Crippen molar-refractivity contribution in [3.05, 3.63) is 203 Å². The molecule has 5 heteroatoms. The third-order valence-corrected chi connectivity index (χ3v) is 12.3. The second-order valence-corrected chi connectivity index (χ2v) is 15.3. The molecule has 1 N–H and O–H groups in total. The fourth-order valence-electron chi connectivity index (χ4n) is 8.35. The number of aliphatic imine (C=N–C) groups is 2. The normalized spacial score (nSPS) is 18.4. The Morgan fingerprint density at radius 3 is 1.96 bits per heavy atom. The summed E-state index contributed by atoms with van der Waals surface area (Å²) in [6.07, 6.45) is 4.20. The molecule has 0 spiro atoms. The fraction of sp³-hybridized carbons (Fsp3) is 0.0612. The monoisotopic (exact) mass is 711 g/mol. The minimum absolute atomic E-state index is 0.356. The summed E-state index contributed by atoms with van der Waals surface area (Å²) in [7, 11) is 0. The lowest BCUT2D eigenvalue weighted by molar-refractivity contribution is 0.667. The van der Waals surface area contributed by atoms with Crippen LogP contribution in [0, 0.1) is 0 Å². The summed E-state index contributed by atoms with van der Waals surface area (Å²) in [5.41, 5.74) is 13.7. The van der Waals surface area contributed by atoms with Gasteiger partial charge in [-0.2, -0.15) is 0 Å². The van der Waals surface area contributed by atoms with E-state index in [9.17, 15) is 0 Å². The number of nitrogens with zero attached hydrogens (tertiary/aromatic N) is 2. The summed E-state index contributed by atoms with van der Waals surface area (Å²) in [6, 6.07) is 57.9. The molecule has 54 heavy (non-hydrogen) atoms. The largest absolute Gasteiger partial charge is 0.456 e. The zero-order valence-electron chi connectivity index (χ0n) is 29.2. The standard InChI is InChI=1S/C49H33N3OS/c1-3-11-30(12-4-1)31-21-23-34(24-22-31)48-50-47(33-14-5-2-6-15-33)51-49(52-48)39-19-10-20-42-44(39)40-29-35(25-27-41(40)53-42)37-17-9-18-38-45-36-16-8-7-13-32(36)26-28-43(45)54-46(37)38/h1-29,43,45,49H,(H,50,51,52). The van der Waals surface area contributed by atoms with Crippen LogP contribution in [0.1, 0.15) is 45.5 Å². The highest BCUT2D eigenvalue weighted by molar-refractivity contribution is 8.00. The minimum atomic E-state index is -0.482. The van der Waals surface area contributed by atoms with Gasteiger partial charge in [-0.15, -0.1) is 11.8 Å². The quantitative estimate of drug-likeness (QED) is 0.193. The van der Waals surface area contributed by atoms with Crippen molar-refractivity contribution in [2.45, 2.75) is 22.2 Å². The SMILES string of the molecule is C1=CC2Sc3c(-c4ccc5oc6cccc(C7N=C(c8ccccc8)NC(c8ccc(-c9ccccc9)cc8)=N7)c6c5c4)cccc3C2c2ccccc21. The fourth-order valence-corrected chi connectivity index (χ4v) is 9.85. The van der Waals surface area contributed by atoms with E-state index in [0.717, 1.165) is 55.9 Å². The molecule has 1 aromatic heterocycles. The Morgan fingerprint density at radius 2 is 1.15 bits per heavy atom. The number of hydrogen-bond acceptors (Lipinski definition) is 5. The molecule has 0 bridgehead atoms. The Labute approximate surface area is 317 Å². The molecule has 3 atom stereocenters. The van der Waals surface area contributed by atoms with Crippen LogP contribution in [-0.4, -0.2) is 16.9 Å². The summed E-state index contributed by atoms with van der Waals surface area (Å²) < 4.78 is 6.53. The summed E-state index contributed by atoms with van der Waals surface area (Å²) in [5.74, 6) is 1.93. The predicted molar refractivity (Wildman–Crippen MR) is 223 cm³/mol. The van der Waals surface area contributed by atoms with E-state index in [1.54, 1.807) is 0 Å². The van der Waals surface area contributed by atoms with Crippen LogP contribution >= 0.6 is 11.8 Å². The number of furan rings is 1. The Kier molecular flexibility index (Phi) is 7.27. The minimum Gasteiger partial charge on any atom is -0.456 e. The molecule has 0 saturated heterocycles. The first-order valence-electron chi connectivity index (χ1n) is 18.4. The maximum Gasteiger partial charge on any atom is 0.170 e. The van der Waals surface area contributed by atoms with Gasteiger partial charge < -0.3 is 9.73 Å². The lowest BCUT2D eigenvalue weighted by atomic mass is 9.81. The molecule has 11 rings (SSSR count). The van der Waals surface area contributed by atoms with E-state index in [1.807, 2.05) is 36.0 Å². The molecule has 8 aromatic rings. The third kappa shape index (κ3) is 5.15. The lowest BCUT2D eigenvalue weighted by Gasteiger charge is -2.23. The van der Waals surface area contributed by atoms with Crippen molar-refractivity contribution < 1.29 is 4.42 Å². The number of hydrogen-bond donors (Lipinski definition) is 1. The highest BCUT2D eigenvalue weighted by atomic mass is 32.2. The lowest BCUT2D eigenvalue weighted by Crippen LogP contribution is -2.36. The van der Waals surface area contributed by atoms with E-state index in [-0.39, 0.29) is 0 Å². The van der Waals surface area contributed by atoms with Gasteiger partial charge in [-0.25, -0.2) is 9.98 Å². The van der Waals surface area contributed by atoms with Crippen molar-refractivity contribution in [1.82, 2.24) is 5.32 Å². The number of rotatable bonds is 5. The van der Waals surface area contributed by atoms with Crippen LogP contribution in [0.4, 0.5) is 0 Å². The molecule has 3 unspecified atom stereocenters. The van der Waals surface area contributed by atoms with Gasteiger partial charge in [-0.3, -0.25) is 0 Å². The second-order valence-electron chi connectivity index (χ2n) is 14.1. The van der Waals surface area contributed by atoms with Gasteiger partial charge in [0.05, 0.1) is 0 Å². The van der Waals surface area contributed by atoms with E-state index in [2.05, 4.69) is 157 Å². The summed E-state index contributed by atoms with van der Waals surface area (Å²) in [6.45, 7) is 0. The van der Waals surface area contributed by atoms with Crippen LogP contribution in [0.5, 0.6) is 0 Å². The van der Waals surface area contributed by atoms with Gasteiger partial charge in [-0.1, -0.05) is 158 Å². The van der Waals surface area contributed by atoms with Crippen LogP contribution in [0.15, 0.2) is 189 Å². The third-order valence-electron chi connectivity index (χ3n) is 10.9. The number of amidine groups is 2. The highest BCUT2D eigenvalue weighted by Gasteiger charge is 2.37. The van der Waals surface area contributed by atoms with Crippen LogP contribution in [-0.2, 0) is 0 Å². The van der Waals surface area contributed by atoms with Crippen molar-refractivity contribution in [3.63, 3.8) is 0 Å². The Bertz CT molecular complexity index is 2840. The zero-order chi connectivity index (χ0) is 35.6. The molecule has 3 heterocycles. The molecule has 0 amide bonds. The van der Waals surface area contributed by atoms with E-state index in [1.165, 1.54) is 38.3 Å². The van der Waals surface area contributed by atoms with Gasteiger partial charge in [0.15, 0.2) is 6.17 Å². The maximum atomic E-state index is 6.53. The summed E-state index contributed by atoms with van der Waals surface area (Å²) in [4.78, 5) is 11.9. The highest BCUT2D eigenvalue weighted by Crippen LogP contribution is 2.55. The average molecular weight is 712 g/mol. The van der Waals surface area contributed by atoms with Crippen molar-refractivity contribution in [3.8, 4) is 22.3 Å². The van der Waals surface area contributed by atoms with Crippen molar-refractivity contribution in [1.29, 1.82) is 0 Å². The van der Waals surface area contributed by atoms with Crippen molar-refractivity contribution in [2.75, 3.05) is 0 Å². The van der Waals surface area contributed by atoms with Crippen LogP contribution < -0.4 is 5.32 Å². The molecular formula is C49H33N3OS. The molecule has 1 aliphatic carbocycles. The predicted octanol–water partition coefficient (Wildman–Crippen LogP) is 12.0. The van der Waals surface area contributed by atoms with Gasteiger partial charge in [-0.05, 0) is 57.1 Å². The molecule has 7 aromatic carbocycles.